The normalized spacial score (nSPS) is 10.1. The molecule has 14 heavy (non-hydrogen) atoms. The summed E-state index contributed by atoms with van der Waals surface area (Å²) >= 11 is 4.67. The van der Waals surface area contributed by atoms with Gasteiger partial charge in [0, 0.05) is 22.2 Å². The maximum absolute atomic E-state index is 4.23. The molecule has 1 N–H and O–H groups in total. The van der Waals surface area contributed by atoms with Crippen LogP contribution in [0, 0.1) is 0 Å². The molecule has 0 aromatic carbocycles. The van der Waals surface area contributed by atoms with Crippen LogP contribution in [0.4, 0.5) is 5.00 Å². The Bertz CT molecular complexity index is 386. The molecule has 2 aromatic rings. The van der Waals surface area contributed by atoms with Crippen LogP contribution in [0.1, 0.15) is 5.69 Å². The van der Waals surface area contributed by atoms with Gasteiger partial charge in [-0.3, -0.25) is 4.98 Å². The average molecular weight is 271 g/mol. The molecule has 0 saturated heterocycles. The third-order valence-corrected chi connectivity index (χ3v) is 2.69. The van der Waals surface area contributed by atoms with Gasteiger partial charge in [-0.15, -0.1) is 5.10 Å². The van der Waals surface area contributed by atoms with Gasteiger partial charge in [0.05, 0.1) is 18.4 Å². The predicted molar refractivity (Wildman–Crippen MR) is 59.2 cm³/mol. The van der Waals surface area contributed by atoms with Gasteiger partial charge in [-0.2, -0.15) is 0 Å². The van der Waals surface area contributed by atoms with Crippen molar-refractivity contribution in [1.82, 2.24) is 14.6 Å². The Kier molecular flexibility index (Phi) is 3.05. The van der Waals surface area contributed by atoms with Crippen molar-refractivity contribution in [3.63, 3.8) is 0 Å². The van der Waals surface area contributed by atoms with E-state index in [9.17, 15) is 0 Å². The molecule has 0 atom stereocenters. The van der Waals surface area contributed by atoms with Gasteiger partial charge in [-0.1, -0.05) is 4.49 Å². The van der Waals surface area contributed by atoms with Gasteiger partial charge in [0.15, 0.2) is 0 Å². The molecule has 0 amide bonds. The zero-order valence-electron chi connectivity index (χ0n) is 7.14. The lowest BCUT2D eigenvalue weighted by molar-refractivity contribution is 1.04. The first-order valence-corrected chi connectivity index (χ1v) is 5.53. The number of anilines is 1. The van der Waals surface area contributed by atoms with E-state index in [1.165, 1.54) is 11.5 Å². The third kappa shape index (κ3) is 2.49. The number of pyridine rings is 1. The molecule has 2 rings (SSSR count). The van der Waals surface area contributed by atoms with Crippen molar-refractivity contribution in [2.24, 2.45) is 0 Å². The van der Waals surface area contributed by atoms with Crippen molar-refractivity contribution in [3.05, 3.63) is 34.7 Å². The summed E-state index contributed by atoms with van der Waals surface area (Å²) < 4.78 is 4.74. The second-order valence-electron chi connectivity index (χ2n) is 2.60. The number of halogens is 1. The number of aromatic nitrogens is 3. The molecule has 0 radical (unpaired) electrons. The molecule has 72 valence electrons. The number of hydrogen-bond donors (Lipinski definition) is 1. The molecule has 4 nitrogen and oxygen atoms in total. The Morgan fingerprint density at radius 2 is 2.29 bits per heavy atom. The highest BCUT2D eigenvalue weighted by Crippen LogP contribution is 2.12. The van der Waals surface area contributed by atoms with Crippen molar-refractivity contribution in [2.45, 2.75) is 6.54 Å². The summed E-state index contributed by atoms with van der Waals surface area (Å²) in [7, 11) is 0. The summed E-state index contributed by atoms with van der Waals surface area (Å²) in [4.78, 5) is 4.23. The monoisotopic (exact) mass is 270 g/mol. The first kappa shape index (κ1) is 9.54. The van der Waals surface area contributed by atoms with E-state index < -0.39 is 0 Å². The Labute approximate surface area is 93.7 Å². The quantitative estimate of drug-likeness (QED) is 0.930. The predicted octanol–water partition coefficient (Wildman–Crippen LogP) is 2.31. The average Bonchev–Trinajstić information content (AvgIpc) is 2.70. The molecule has 0 aliphatic heterocycles. The lowest BCUT2D eigenvalue weighted by Gasteiger charge is -2.01. The van der Waals surface area contributed by atoms with Crippen molar-refractivity contribution in [3.8, 4) is 0 Å². The molecule has 0 aliphatic rings. The number of nitrogens with one attached hydrogen (secondary N) is 1. The summed E-state index contributed by atoms with van der Waals surface area (Å²) in [6.45, 7) is 0.692. The number of nitrogens with zero attached hydrogens (tertiary/aromatic N) is 3. The van der Waals surface area contributed by atoms with E-state index in [0.717, 1.165) is 15.2 Å². The minimum Gasteiger partial charge on any atom is -0.369 e. The van der Waals surface area contributed by atoms with E-state index in [0.29, 0.717) is 6.54 Å². The standard InChI is InChI=1S/C8H7BrN4S/c9-6-1-2-7(10-3-6)4-11-8-5-12-13-14-8/h1-3,5,11H,4H2. The lowest BCUT2D eigenvalue weighted by Crippen LogP contribution is -1.99. The van der Waals surface area contributed by atoms with Gasteiger partial charge in [0.2, 0.25) is 0 Å². The fourth-order valence-electron chi connectivity index (χ4n) is 0.934. The highest BCUT2D eigenvalue weighted by atomic mass is 79.9. The summed E-state index contributed by atoms with van der Waals surface area (Å²) in [6, 6.07) is 3.93. The van der Waals surface area contributed by atoms with Crippen molar-refractivity contribution in [2.75, 3.05) is 5.32 Å². The molecule has 0 spiro atoms. The Hall–Kier alpha value is -1.01. The van der Waals surface area contributed by atoms with Crippen LogP contribution in [0.25, 0.3) is 0 Å². The summed E-state index contributed by atoms with van der Waals surface area (Å²) in [6.07, 6.45) is 3.48. The molecule has 0 saturated carbocycles. The van der Waals surface area contributed by atoms with Gasteiger partial charge < -0.3 is 5.32 Å². The molecule has 0 aliphatic carbocycles. The summed E-state index contributed by atoms with van der Waals surface area (Å²) in [5.41, 5.74) is 0.988. The fourth-order valence-corrected chi connectivity index (χ4v) is 1.58. The van der Waals surface area contributed by atoms with Crippen molar-refractivity contribution in [1.29, 1.82) is 0 Å². The smallest absolute Gasteiger partial charge is 0.130 e. The molecule has 0 unspecified atom stereocenters. The highest BCUT2D eigenvalue weighted by Gasteiger charge is 1.96. The molecule has 0 fully saturated rings. The molecular formula is C8H7BrN4S. The minimum atomic E-state index is 0.692. The number of hydrogen-bond acceptors (Lipinski definition) is 5. The second-order valence-corrected chi connectivity index (χ2v) is 4.30. The van der Waals surface area contributed by atoms with Crippen molar-refractivity contribution < 1.29 is 0 Å². The van der Waals surface area contributed by atoms with E-state index in [4.69, 9.17) is 0 Å². The molecule has 2 heterocycles. The maximum Gasteiger partial charge on any atom is 0.130 e. The lowest BCUT2D eigenvalue weighted by atomic mass is 10.3. The maximum atomic E-state index is 4.23. The zero-order chi connectivity index (χ0) is 9.80. The van der Waals surface area contributed by atoms with Crippen LogP contribution < -0.4 is 5.32 Å². The molecule has 0 bridgehead atoms. The van der Waals surface area contributed by atoms with Crippen LogP contribution in [0.3, 0.4) is 0 Å². The van der Waals surface area contributed by atoms with Gasteiger partial charge in [0.1, 0.15) is 5.00 Å². The largest absolute Gasteiger partial charge is 0.369 e. The van der Waals surface area contributed by atoms with E-state index >= 15 is 0 Å². The topological polar surface area (TPSA) is 50.7 Å². The van der Waals surface area contributed by atoms with E-state index in [1.54, 1.807) is 12.4 Å². The first-order valence-electron chi connectivity index (χ1n) is 3.96. The summed E-state index contributed by atoms with van der Waals surface area (Å²) in [5.74, 6) is 0. The van der Waals surface area contributed by atoms with Crippen LogP contribution in [-0.2, 0) is 6.54 Å². The summed E-state index contributed by atoms with van der Waals surface area (Å²) in [5, 5.41) is 7.86. The van der Waals surface area contributed by atoms with E-state index in [1.807, 2.05) is 12.1 Å². The SMILES string of the molecule is Brc1ccc(CNc2cnns2)nc1. The van der Waals surface area contributed by atoms with Gasteiger partial charge >= 0.3 is 0 Å². The molecule has 6 heteroatoms. The third-order valence-electron chi connectivity index (χ3n) is 1.59. The van der Waals surface area contributed by atoms with Crippen LogP contribution in [-0.4, -0.2) is 14.6 Å². The van der Waals surface area contributed by atoms with E-state index in [2.05, 4.69) is 35.8 Å². The van der Waals surface area contributed by atoms with Crippen LogP contribution in [0.15, 0.2) is 29.0 Å². The van der Waals surface area contributed by atoms with Crippen LogP contribution in [0.5, 0.6) is 0 Å². The van der Waals surface area contributed by atoms with Gasteiger partial charge in [0.25, 0.3) is 0 Å². The number of rotatable bonds is 3. The second kappa shape index (κ2) is 4.47. The molecular weight excluding hydrogens is 264 g/mol. The van der Waals surface area contributed by atoms with E-state index in [-0.39, 0.29) is 0 Å². The zero-order valence-corrected chi connectivity index (χ0v) is 9.55. The van der Waals surface area contributed by atoms with Gasteiger partial charge in [-0.25, -0.2) is 0 Å². The molecule has 2 aromatic heterocycles. The van der Waals surface area contributed by atoms with Gasteiger partial charge in [-0.05, 0) is 28.1 Å². The Morgan fingerprint density at radius 1 is 1.36 bits per heavy atom. The first-order chi connectivity index (χ1) is 6.84. The Morgan fingerprint density at radius 3 is 2.93 bits per heavy atom. The Balaban J connectivity index is 1.95. The fraction of sp³-hybridized carbons (Fsp3) is 0.125. The minimum absolute atomic E-state index is 0.692. The van der Waals surface area contributed by atoms with Crippen LogP contribution in [0.2, 0.25) is 0 Å². The van der Waals surface area contributed by atoms with Crippen molar-refractivity contribution >= 4 is 32.5 Å². The highest BCUT2D eigenvalue weighted by molar-refractivity contribution is 9.10. The van der Waals surface area contributed by atoms with Crippen LogP contribution >= 0.6 is 27.5 Å².